The van der Waals surface area contributed by atoms with Crippen LogP contribution in [0.15, 0.2) is 93.9 Å². The van der Waals surface area contributed by atoms with Crippen LogP contribution >= 0.6 is 11.3 Å². The Kier molecular flexibility index (Phi) is 8.16. The normalized spacial score (nSPS) is 15.0. The predicted molar refractivity (Wildman–Crippen MR) is 155 cm³/mol. The van der Waals surface area contributed by atoms with Crippen LogP contribution in [0.5, 0.6) is 11.5 Å². The summed E-state index contributed by atoms with van der Waals surface area (Å²) in [6, 6.07) is 20.3. The van der Waals surface area contributed by atoms with E-state index in [1.165, 1.54) is 29.1 Å². The van der Waals surface area contributed by atoms with Crippen molar-refractivity contribution in [2.45, 2.75) is 39.5 Å². The van der Waals surface area contributed by atoms with Crippen molar-refractivity contribution in [2.75, 3.05) is 7.11 Å². The molecule has 0 fully saturated rings. The number of ether oxygens (including phenoxy) is 3. The lowest BCUT2D eigenvalue weighted by molar-refractivity contribution is -0.136. The number of esters is 1. The molecule has 0 amide bonds. The number of thiazole rings is 1. The van der Waals surface area contributed by atoms with Gasteiger partial charge >= 0.3 is 5.97 Å². The Morgan fingerprint density at radius 3 is 2.49 bits per heavy atom. The lowest BCUT2D eigenvalue weighted by Gasteiger charge is -2.26. The van der Waals surface area contributed by atoms with Gasteiger partial charge in [-0.1, -0.05) is 59.9 Å². The summed E-state index contributed by atoms with van der Waals surface area (Å²) in [5.74, 6) is 0.272. The lowest BCUT2D eigenvalue weighted by atomic mass is 9.95. The molecule has 0 bridgehead atoms. The van der Waals surface area contributed by atoms with Gasteiger partial charge in [0.2, 0.25) is 0 Å². The summed E-state index contributed by atoms with van der Waals surface area (Å²) in [7, 11) is 1.31. The van der Waals surface area contributed by atoms with Crippen molar-refractivity contribution < 1.29 is 23.4 Å². The molecule has 41 heavy (non-hydrogen) atoms. The Morgan fingerprint density at radius 2 is 1.78 bits per heavy atom. The van der Waals surface area contributed by atoms with E-state index in [0.29, 0.717) is 37.7 Å². The number of fused-ring (bicyclic) bond motifs is 1. The van der Waals surface area contributed by atoms with Gasteiger partial charge in [0.1, 0.15) is 30.0 Å². The maximum Gasteiger partial charge on any atom is 0.338 e. The number of aromatic nitrogens is 1. The Balaban J connectivity index is 1.53. The molecule has 5 rings (SSSR count). The van der Waals surface area contributed by atoms with Crippen molar-refractivity contribution in [3.63, 3.8) is 0 Å². The quantitative estimate of drug-likeness (QED) is 0.280. The van der Waals surface area contributed by atoms with Gasteiger partial charge in [-0.05, 0) is 56.7 Å². The molecule has 0 radical (unpaired) electrons. The fraction of sp³-hybridized carbons (Fsp3) is 0.219. The fourth-order valence-corrected chi connectivity index (χ4v) is 5.69. The first-order chi connectivity index (χ1) is 19.8. The van der Waals surface area contributed by atoms with E-state index in [0.717, 1.165) is 5.56 Å². The number of hydrogen-bond acceptors (Lipinski definition) is 7. The second-order valence-electron chi connectivity index (χ2n) is 9.73. The molecule has 2 heterocycles. The molecule has 4 aromatic rings. The lowest BCUT2D eigenvalue weighted by Crippen LogP contribution is -2.40. The van der Waals surface area contributed by atoms with Crippen LogP contribution in [0.4, 0.5) is 4.39 Å². The summed E-state index contributed by atoms with van der Waals surface area (Å²) in [6.07, 6.45) is 1.66. The van der Waals surface area contributed by atoms with Crippen molar-refractivity contribution in [1.29, 1.82) is 0 Å². The van der Waals surface area contributed by atoms with Crippen LogP contribution in [0.2, 0.25) is 0 Å². The van der Waals surface area contributed by atoms with E-state index in [9.17, 15) is 14.0 Å². The van der Waals surface area contributed by atoms with Gasteiger partial charge in [0.15, 0.2) is 4.80 Å². The highest BCUT2D eigenvalue weighted by atomic mass is 32.1. The van der Waals surface area contributed by atoms with E-state index in [2.05, 4.69) is 4.99 Å². The van der Waals surface area contributed by atoms with Crippen molar-refractivity contribution >= 4 is 23.4 Å². The number of halogens is 1. The number of rotatable bonds is 8. The molecule has 9 heteroatoms. The average molecular weight is 573 g/mol. The largest absolute Gasteiger partial charge is 0.491 e. The molecule has 0 aliphatic carbocycles. The number of allylic oxidation sites excluding steroid dienone is 1. The van der Waals surface area contributed by atoms with Crippen LogP contribution in [-0.4, -0.2) is 23.8 Å². The number of nitrogens with zero attached hydrogens (tertiary/aromatic N) is 2. The Labute approximate surface area is 240 Å². The van der Waals surface area contributed by atoms with Gasteiger partial charge in [-0.25, -0.2) is 14.2 Å². The molecular weight excluding hydrogens is 543 g/mol. The molecule has 1 unspecified atom stereocenters. The van der Waals surface area contributed by atoms with E-state index < -0.39 is 12.0 Å². The highest BCUT2D eigenvalue weighted by Crippen LogP contribution is 2.36. The molecule has 0 saturated carbocycles. The summed E-state index contributed by atoms with van der Waals surface area (Å²) in [5.41, 5.74) is 2.38. The molecule has 1 atom stereocenters. The number of para-hydroxylation sites is 1. The van der Waals surface area contributed by atoms with E-state index in [-0.39, 0.29) is 29.7 Å². The third-order valence-corrected chi connectivity index (χ3v) is 7.52. The first-order valence-electron chi connectivity index (χ1n) is 13.1. The van der Waals surface area contributed by atoms with Crippen molar-refractivity contribution in [2.24, 2.45) is 4.99 Å². The highest BCUT2D eigenvalue weighted by Gasteiger charge is 2.34. The first kappa shape index (κ1) is 28.0. The van der Waals surface area contributed by atoms with Gasteiger partial charge in [-0.2, -0.15) is 0 Å². The third-order valence-electron chi connectivity index (χ3n) is 6.53. The number of carbonyl (C=O) groups excluding carboxylic acids is 1. The zero-order valence-electron chi connectivity index (χ0n) is 23.1. The molecule has 0 spiro atoms. The molecular formula is C32H29FN2O5S. The van der Waals surface area contributed by atoms with Gasteiger partial charge in [0.05, 0.1) is 29.0 Å². The minimum Gasteiger partial charge on any atom is -0.491 e. The van der Waals surface area contributed by atoms with Crippen molar-refractivity contribution in [3.05, 3.63) is 126 Å². The smallest absolute Gasteiger partial charge is 0.338 e. The van der Waals surface area contributed by atoms with E-state index in [1.807, 2.05) is 50.2 Å². The van der Waals surface area contributed by atoms with Crippen LogP contribution in [0.3, 0.4) is 0 Å². The third kappa shape index (κ3) is 5.85. The minimum atomic E-state index is -0.773. The van der Waals surface area contributed by atoms with Crippen LogP contribution in [0.1, 0.15) is 43.5 Å². The van der Waals surface area contributed by atoms with Gasteiger partial charge < -0.3 is 14.2 Å². The fourth-order valence-electron chi connectivity index (χ4n) is 4.64. The summed E-state index contributed by atoms with van der Waals surface area (Å²) >= 11 is 1.24. The van der Waals surface area contributed by atoms with Crippen molar-refractivity contribution in [3.8, 4) is 11.5 Å². The molecule has 1 aromatic heterocycles. The Hall–Kier alpha value is -4.50. The van der Waals surface area contributed by atoms with Crippen LogP contribution < -0.4 is 24.4 Å². The average Bonchev–Trinajstić information content (AvgIpc) is 3.26. The maximum atomic E-state index is 13.9. The first-order valence-corrected chi connectivity index (χ1v) is 13.9. The summed E-state index contributed by atoms with van der Waals surface area (Å²) in [5, 5.41) is 0. The molecule has 210 valence electrons. The molecule has 0 N–H and O–H groups in total. The van der Waals surface area contributed by atoms with E-state index in [1.54, 1.807) is 43.3 Å². The number of hydrogen-bond donors (Lipinski definition) is 0. The summed E-state index contributed by atoms with van der Waals surface area (Å²) in [4.78, 5) is 31.9. The molecule has 7 nitrogen and oxygen atoms in total. The van der Waals surface area contributed by atoms with Gasteiger partial charge in [0.25, 0.3) is 5.56 Å². The Bertz CT molecular complexity index is 1800. The second-order valence-corrected chi connectivity index (χ2v) is 10.7. The number of methoxy groups -OCH3 is 1. The number of carbonyl (C=O) groups is 1. The van der Waals surface area contributed by atoms with E-state index >= 15 is 0 Å². The summed E-state index contributed by atoms with van der Waals surface area (Å²) in [6.45, 7) is 5.68. The molecule has 1 aliphatic heterocycles. The van der Waals surface area contributed by atoms with Gasteiger partial charge in [-0.3, -0.25) is 9.36 Å². The number of benzene rings is 3. The zero-order valence-corrected chi connectivity index (χ0v) is 23.9. The second kappa shape index (κ2) is 11.9. The predicted octanol–water partition coefficient (Wildman–Crippen LogP) is 4.91. The standard InChI is InChI=1S/C32H29FN2O5S/c1-19(2)40-26-12-8-6-10-24(26)29-28(31(37)38-4)20(3)34-32-35(29)30(36)27(41-32)17-21-13-15-23(16-14-21)39-18-22-9-5-7-11-25(22)33/h5-17,19,29H,18H2,1-4H3/b27-17+. The molecule has 3 aromatic carbocycles. The zero-order chi connectivity index (χ0) is 29.1. The SMILES string of the molecule is COC(=O)C1=C(C)N=c2s/c(=C/c3ccc(OCc4ccccc4F)cc3)c(=O)n2C1c1ccccc1OC(C)C. The molecule has 1 aliphatic rings. The maximum absolute atomic E-state index is 13.9. The van der Waals surface area contributed by atoms with Gasteiger partial charge in [0, 0.05) is 11.1 Å². The monoisotopic (exact) mass is 572 g/mol. The highest BCUT2D eigenvalue weighted by molar-refractivity contribution is 7.07. The minimum absolute atomic E-state index is 0.106. The van der Waals surface area contributed by atoms with E-state index in [4.69, 9.17) is 14.2 Å². The molecule has 0 saturated heterocycles. The topological polar surface area (TPSA) is 79.1 Å². The van der Waals surface area contributed by atoms with Crippen LogP contribution in [-0.2, 0) is 16.1 Å². The summed E-state index contributed by atoms with van der Waals surface area (Å²) < 4.78 is 32.8. The van der Waals surface area contributed by atoms with Gasteiger partial charge in [-0.15, -0.1) is 0 Å². The van der Waals surface area contributed by atoms with Crippen LogP contribution in [0.25, 0.3) is 6.08 Å². The van der Waals surface area contributed by atoms with Crippen LogP contribution in [0, 0.1) is 5.82 Å². The van der Waals surface area contributed by atoms with Crippen molar-refractivity contribution in [1.82, 2.24) is 4.57 Å². The Morgan fingerprint density at radius 1 is 1.07 bits per heavy atom.